The Morgan fingerprint density at radius 2 is 1.68 bits per heavy atom. The molecule has 0 saturated heterocycles. The minimum absolute atomic E-state index is 0.0829. The molecule has 0 amide bonds. The van der Waals surface area contributed by atoms with Crippen molar-refractivity contribution in [2.75, 3.05) is 0 Å². The second-order valence-corrected chi connectivity index (χ2v) is 9.20. The number of carbonyl (C=O) groups excluding carboxylic acids is 1. The summed E-state index contributed by atoms with van der Waals surface area (Å²) in [5, 5.41) is 20.4. The number of fused-ring (bicyclic) bond motifs is 5. The molecule has 0 unspecified atom stereocenters. The third-order valence-electron chi connectivity index (χ3n) is 8.43. The highest BCUT2D eigenvalue weighted by molar-refractivity contribution is 5.86. The molecule has 4 aliphatic carbocycles. The summed E-state index contributed by atoms with van der Waals surface area (Å²) in [6.45, 7) is 4.61. The zero-order valence-electron chi connectivity index (χ0n) is 13.9. The van der Waals surface area contributed by atoms with E-state index >= 15 is 0 Å². The van der Waals surface area contributed by atoms with Crippen LogP contribution in [0.5, 0.6) is 0 Å². The minimum Gasteiger partial charge on any atom is -0.393 e. The van der Waals surface area contributed by atoms with Crippen molar-refractivity contribution in [3.8, 4) is 0 Å². The summed E-state index contributed by atoms with van der Waals surface area (Å²) >= 11 is 0. The summed E-state index contributed by atoms with van der Waals surface area (Å²) in [5.74, 6) is 2.42. The molecule has 4 aliphatic rings. The van der Waals surface area contributed by atoms with Gasteiger partial charge < -0.3 is 10.2 Å². The second-order valence-electron chi connectivity index (χ2n) is 9.20. The van der Waals surface area contributed by atoms with Crippen LogP contribution in [0.15, 0.2) is 0 Å². The highest BCUT2D eigenvalue weighted by Gasteiger charge is 2.62. The van der Waals surface area contributed by atoms with E-state index < -0.39 is 6.10 Å². The van der Waals surface area contributed by atoms with Crippen LogP contribution < -0.4 is 0 Å². The van der Waals surface area contributed by atoms with Crippen LogP contribution >= 0.6 is 0 Å². The first-order chi connectivity index (χ1) is 10.4. The van der Waals surface area contributed by atoms with Gasteiger partial charge in [-0.1, -0.05) is 13.8 Å². The Hall–Kier alpha value is -0.410. The van der Waals surface area contributed by atoms with E-state index in [2.05, 4.69) is 13.8 Å². The Kier molecular flexibility index (Phi) is 3.30. The lowest BCUT2D eigenvalue weighted by Crippen LogP contribution is -2.54. The van der Waals surface area contributed by atoms with Gasteiger partial charge in [-0.2, -0.15) is 0 Å². The molecule has 3 nitrogen and oxygen atoms in total. The first kappa shape index (κ1) is 15.1. The van der Waals surface area contributed by atoms with Gasteiger partial charge in [-0.3, -0.25) is 4.79 Å². The van der Waals surface area contributed by atoms with Gasteiger partial charge in [0.2, 0.25) is 0 Å². The van der Waals surface area contributed by atoms with Crippen molar-refractivity contribution in [3.05, 3.63) is 0 Å². The first-order valence-corrected chi connectivity index (χ1v) is 9.25. The predicted octanol–water partition coefficient (Wildman–Crippen LogP) is 2.93. The maximum absolute atomic E-state index is 12.1. The molecule has 124 valence electrons. The Morgan fingerprint density at radius 3 is 2.45 bits per heavy atom. The van der Waals surface area contributed by atoms with Crippen LogP contribution in [0.3, 0.4) is 0 Å². The molecular formula is C19H30O3. The van der Waals surface area contributed by atoms with E-state index in [4.69, 9.17) is 0 Å². The van der Waals surface area contributed by atoms with Crippen molar-refractivity contribution in [3.63, 3.8) is 0 Å². The quantitative estimate of drug-likeness (QED) is 0.723. The van der Waals surface area contributed by atoms with E-state index in [1.807, 2.05) is 0 Å². The molecule has 0 heterocycles. The van der Waals surface area contributed by atoms with Crippen molar-refractivity contribution >= 4 is 5.78 Å². The van der Waals surface area contributed by atoms with Crippen LogP contribution in [0.25, 0.3) is 0 Å². The van der Waals surface area contributed by atoms with Gasteiger partial charge in [0.15, 0.2) is 5.78 Å². The number of aliphatic hydroxyl groups is 2. The molecule has 8 atom stereocenters. The van der Waals surface area contributed by atoms with Crippen molar-refractivity contribution < 1.29 is 15.0 Å². The Balaban J connectivity index is 1.64. The maximum atomic E-state index is 12.1. The van der Waals surface area contributed by atoms with Crippen LogP contribution in [0.4, 0.5) is 0 Å². The van der Waals surface area contributed by atoms with Gasteiger partial charge in [-0.25, -0.2) is 0 Å². The van der Waals surface area contributed by atoms with Crippen LogP contribution in [0, 0.1) is 34.5 Å². The standard InChI is InChI=1S/C19H30O3/c1-18-7-5-12(20)9-11(18)3-4-13-14(18)6-8-19(2)15(13)10-16(21)17(19)22/h11-15,17,20,22H,3-10H2,1-2H3/t11-,12+,13+,14-,15-,17+,18-,19-/m0/s1. The van der Waals surface area contributed by atoms with Gasteiger partial charge in [0.25, 0.3) is 0 Å². The molecule has 0 bridgehead atoms. The molecule has 3 heteroatoms. The fourth-order valence-electron chi connectivity index (χ4n) is 7.00. The van der Waals surface area contributed by atoms with Gasteiger partial charge in [0.1, 0.15) is 6.10 Å². The Labute approximate surface area is 133 Å². The van der Waals surface area contributed by atoms with E-state index in [1.165, 1.54) is 12.8 Å². The van der Waals surface area contributed by atoms with Crippen molar-refractivity contribution in [1.29, 1.82) is 0 Å². The summed E-state index contributed by atoms with van der Waals surface area (Å²) in [7, 11) is 0. The van der Waals surface area contributed by atoms with Crippen molar-refractivity contribution in [2.45, 2.75) is 77.4 Å². The summed E-state index contributed by atoms with van der Waals surface area (Å²) in [6, 6.07) is 0. The molecule has 4 saturated carbocycles. The number of hydrogen-bond donors (Lipinski definition) is 2. The van der Waals surface area contributed by atoms with E-state index in [-0.39, 0.29) is 17.3 Å². The number of rotatable bonds is 0. The zero-order chi connectivity index (χ0) is 15.7. The molecular weight excluding hydrogens is 276 g/mol. The van der Waals surface area contributed by atoms with Crippen LogP contribution in [0.2, 0.25) is 0 Å². The lowest BCUT2D eigenvalue weighted by atomic mass is 9.45. The third kappa shape index (κ3) is 1.84. The molecule has 22 heavy (non-hydrogen) atoms. The van der Waals surface area contributed by atoms with E-state index in [0.717, 1.165) is 32.1 Å². The van der Waals surface area contributed by atoms with E-state index in [9.17, 15) is 15.0 Å². The molecule has 0 aromatic heterocycles. The molecule has 2 N–H and O–H groups in total. The predicted molar refractivity (Wildman–Crippen MR) is 84.1 cm³/mol. The normalized spacial score (nSPS) is 57.9. The van der Waals surface area contributed by atoms with Gasteiger partial charge in [-0.05, 0) is 74.0 Å². The fourth-order valence-corrected chi connectivity index (χ4v) is 7.00. The number of Topliss-reactive ketones (excluding diaryl/α,β-unsaturated/α-hetero) is 1. The molecule has 0 aliphatic heterocycles. The Morgan fingerprint density at radius 1 is 0.955 bits per heavy atom. The summed E-state index contributed by atoms with van der Waals surface area (Å²) in [4.78, 5) is 12.1. The molecule has 0 aromatic rings. The summed E-state index contributed by atoms with van der Waals surface area (Å²) in [6.07, 6.45) is 7.38. The zero-order valence-corrected chi connectivity index (χ0v) is 13.9. The van der Waals surface area contributed by atoms with Gasteiger partial charge >= 0.3 is 0 Å². The summed E-state index contributed by atoms with van der Waals surface area (Å²) in [5.41, 5.74) is 0.176. The molecule has 4 fully saturated rings. The maximum Gasteiger partial charge on any atom is 0.162 e. The lowest BCUT2D eigenvalue weighted by molar-refractivity contribution is -0.138. The number of carbonyl (C=O) groups is 1. The highest BCUT2D eigenvalue weighted by Crippen LogP contribution is 2.65. The SMILES string of the molecule is C[C@]12CC[C@@H](O)C[C@@H]1CC[C@@H]1[C@@H]2CC[C@]2(C)[C@H](O)C(=O)C[C@@H]12. The lowest BCUT2D eigenvalue weighted by Gasteiger charge is -2.60. The Bertz CT molecular complexity index is 489. The molecule has 0 aromatic carbocycles. The monoisotopic (exact) mass is 306 g/mol. The number of hydrogen-bond acceptors (Lipinski definition) is 3. The number of aliphatic hydroxyl groups excluding tert-OH is 2. The second kappa shape index (κ2) is 4.80. The van der Waals surface area contributed by atoms with Crippen LogP contribution in [-0.2, 0) is 4.79 Å². The smallest absolute Gasteiger partial charge is 0.162 e. The highest BCUT2D eigenvalue weighted by atomic mass is 16.3. The fraction of sp³-hybridized carbons (Fsp3) is 0.947. The van der Waals surface area contributed by atoms with E-state index in [1.54, 1.807) is 0 Å². The van der Waals surface area contributed by atoms with E-state index in [0.29, 0.717) is 35.5 Å². The summed E-state index contributed by atoms with van der Waals surface area (Å²) < 4.78 is 0. The van der Waals surface area contributed by atoms with Gasteiger partial charge in [0, 0.05) is 11.8 Å². The van der Waals surface area contributed by atoms with Crippen molar-refractivity contribution in [2.24, 2.45) is 34.5 Å². The number of ketones is 1. The average molecular weight is 306 g/mol. The third-order valence-corrected chi connectivity index (χ3v) is 8.43. The molecule has 4 rings (SSSR count). The van der Waals surface area contributed by atoms with Crippen LogP contribution in [0.1, 0.15) is 65.2 Å². The first-order valence-electron chi connectivity index (χ1n) is 9.25. The van der Waals surface area contributed by atoms with Gasteiger partial charge in [0.05, 0.1) is 6.10 Å². The van der Waals surface area contributed by atoms with Crippen molar-refractivity contribution in [1.82, 2.24) is 0 Å². The largest absolute Gasteiger partial charge is 0.393 e. The van der Waals surface area contributed by atoms with Gasteiger partial charge in [-0.15, -0.1) is 0 Å². The topological polar surface area (TPSA) is 57.5 Å². The minimum atomic E-state index is -0.725. The van der Waals surface area contributed by atoms with Crippen LogP contribution in [-0.4, -0.2) is 28.2 Å². The molecule has 0 spiro atoms. The average Bonchev–Trinajstić information content (AvgIpc) is 2.72. The molecule has 0 radical (unpaired) electrons.